The molecule has 34 heavy (non-hydrogen) atoms. The van der Waals surface area contributed by atoms with Crippen molar-refractivity contribution in [2.24, 2.45) is 0 Å². The fourth-order valence-electron chi connectivity index (χ4n) is 3.27. The zero-order valence-electron chi connectivity index (χ0n) is 19.4. The Hall–Kier alpha value is -3.80. The van der Waals surface area contributed by atoms with Gasteiger partial charge >= 0.3 is 5.97 Å². The Kier molecular flexibility index (Phi) is 11.2. The first kappa shape index (κ1) is 26.5. The molecule has 3 aromatic carbocycles. The number of rotatable bonds is 11. The van der Waals surface area contributed by atoms with Gasteiger partial charge < -0.3 is 20.1 Å². The number of aromatic carboxylic acids is 1. The van der Waals surface area contributed by atoms with Gasteiger partial charge in [-0.05, 0) is 30.7 Å². The fourth-order valence-corrected chi connectivity index (χ4v) is 3.27. The normalized spacial score (nSPS) is 10.1. The number of carbonyl (C=O) groups excluding carboxylic acids is 1. The van der Waals surface area contributed by atoms with E-state index in [4.69, 9.17) is 14.9 Å². The Balaban J connectivity index is 0.000000340. The van der Waals surface area contributed by atoms with E-state index >= 15 is 0 Å². The predicted molar refractivity (Wildman–Crippen MR) is 132 cm³/mol. The average molecular weight is 465 g/mol. The number of carboxylic acid groups (broad SMARTS) is 1. The van der Waals surface area contributed by atoms with E-state index in [0.29, 0.717) is 23.5 Å². The molecule has 3 N–H and O–H groups in total. The number of aromatic hydroxyl groups is 2. The molecule has 0 atom stereocenters. The van der Waals surface area contributed by atoms with Crippen molar-refractivity contribution in [1.29, 1.82) is 0 Å². The van der Waals surface area contributed by atoms with E-state index in [9.17, 15) is 14.7 Å². The van der Waals surface area contributed by atoms with Gasteiger partial charge in [0.1, 0.15) is 22.8 Å². The molecule has 0 bridgehead atoms. The third-order valence-electron chi connectivity index (χ3n) is 5.15. The molecule has 6 heteroatoms. The highest BCUT2D eigenvalue weighted by molar-refractivity contribution is 6.10. The molecule has 0 saturated heterocycles. The summed E-state index contributed by atoms with van der Waals surface area (Å²) >= 11 is 0. The molecule has 0 aliphatic rings. The molecule has 0 saturated carbocycles. The molecule has 180 valence electrons. The Morgan fingerprint density at radius 3 is 2.00 bits per heavy atom. The molecule has 0 aliphatic carbocycles. The van der Waals surface area contributed by atoms with E-state index in [1.54, 1.807) is 36.4 Å². The van der Waals surface area contributed by atoms with Crippen molar-refractivity contribution in [3.05, 3.63) is 89.5 Å². The van der Waals surface area contributed by atoms with Crippen LogP contribution in [0.5, 0.6) is 17.2 Å². The van der Waals surface area contributed by atoms with Crippen LogP contribution in [0.15, 0.2) is 72.8 Å². The summed E-state index contributed by atoms with van der Waals surface area (Å²) in [5.41, 5.74) is 0.796. The maximum atomic E-state index is 12.4. The van der Waals surface area contributed by atoms with E-state index in [1.165, 1.54) is 43.9 Å². The first-order valence-electron chi connectivity index (χ1n) is 11.5. The topological polar surface area (TPSA) is 104 Å². The van der Waals surface area contributed by atoms with Gasteiger partial charge in [0.05, 0.1) is 12.2 Å². The molecule has 0 amide bonds. The van der Waals surface area contributed by atoms with Gasteiger partial charge in [0.25, 0.3) is 0 Å². The van der Waals surface area contributed by atoms with Gasteiger partial charge in [-0.15, -0.1) is 0 Å². The largest absolute Gasteiger partial charge is 0.507 e. The number of hydrogen-bond donors (Lipinski definition) is 3. The lowest BCUT2D eigenvalue weighted by molar-refractivity contribution is 0.0693. The van der Waals surface area contributed by atoms with E-state index in [1.807, 2.05) is 18.2 Å². The number of benzene rings is 3. The first-order chi connectivity index (χ1) is 16.4. The van der Waals surface area contributed by atoms with Crippen LogP contribution >= 0.6 is 0 Å². The van der Waals surface area contributed by atoms with Crippen molar-refractivity contribution in [1.82, 2.24) is 0 Å². The Morgan fingerprint density at radius 1 is 0.735 bits per heavy atom. The summed E-state index contributed by atoms with van der Waals surface area (Å²) in [7, 11) is 0. The van der Waals surface area contributed by atoms with Gasteiger partial charge in [0.15, 0.2) is 5.78 Å². The van der Waals surface area contributed by atoms with E-state index in [0.717, 1.165) is 12.8 Å². The van der Waals surface area contributed by atoms with Gasteiger partial charge in [-0.1, -0.05) is 81.5 Å². The van der Waals surface area contributed by atoms with Crippen molar-refractivity contribution >= 4 is 11.8 Å². The third-order valence-corrected chi connectivity index (χ3v) is 5.15. The van der Waals surface area contributed by atoms with Crippen molar-refractivity contribution < 1.29 is 29.6 Å². The minimum atomic E-state index is -1.11. The van der Waals surface area contributed by atoms with Crippen LogP contribution in [-0.4, -0.2) is 33.7 Å². The van der Waals surface area contributed by atoms with E-state index in [-0.39, 0.29) is 22.8 Å². The highest BCUT2D eigenvalue weighted by atomic mass is 16.5. The van der Waals surface area contributed by atoms with Gasteiger partial charge in [0, 0.05) is 11.6 Å². The highest BCUT2D eigenvalue weighted by Crippen LogP contribution is 2.26. The van der Waals surface area contributed by atoms with Crippen LogP contribution in [0.3, 0.4) is 0 Å². The molecular weight excluding hydrogens is 432 g/mol. The molecule has 3 aromatic rings. The molecule has 0 spiro atoms. The van der Waals surface area contributed by atoms with E-state index < -0.39 is 5.97 Å². The van der Waals surface area contributed by atoms with Crippen LogP contribution in [0.1, 0.15) is 71.7 Å². The van der Waals surface area contributed by atoms with Gasteiger partial charge in [0.2, 0.25) is 0 Å². The lowest BCUT2D eigenvalue weighted by Gasteiger charge is -2.09. The number of unbranched alkanes of at least 4 members (excludes halogenated alkanes) is 5. The molecule has 0 aromatic heterocycles. The van der Waals surface area contributed by atoms with Crippen LogP contribution in [0.25, 0.3) is 0 Å². The summed E-state index contributed by atoms with van der Waals surface area (Å²) in [4.78, 5) is 22.6. The van der Waals surface area contributed by atoms with Crippen molar-refractivity contribution in [3.63, 3.8) is 0 Å². The number of ether oxygens (including phenoxy) is 1. The Bertz CT molecular complexity index is 1050. The van der Waals surface area contributed by atoms with Crippen molar-refractivity contribution in [2.75, 3.05) is 6.61 Å². The maximum absolute atomic E-state index is 12.4. The van der Waals surface area contributed by atoms with E-state index in [2.05, 4.69) is 6.92 Å². The van der Waals surface area contributed by atoms with Crippen LogP contribution in [-0.2, 0) is 0 Å². The molecule has 0 heterocycles. The maximum Gasteiger partial charge on any atom is 0.339 e. The van der Waals surface area contributed by atoms with Crippen LogP contribution < -0.4 is 4.74 Å². The molecular formula is C28H32O6. The van der Waals surface area contributed by atoms with Crippen LogP contribution in [0.4, 0.5) is 0 Å². The smallest absolute Gasteiger partial charge is 0.339 e. The lowest BCUT2D eigenvalue weighted by Crippen LogP contribution is -2.02. The summed E-state index contributed by atoms with van der Waals surface area (Å²) in [5.74, 6) is -0.932. The molecule has 0 aliphatic heterocycles. The standard InChI is InChI=1S/C21H26O3.C7H6O3/c1-2-3-4-5-6-10-15-24-18-13-14-19(20(22)16-18)21(23)17-11-8-7-9-12-17;8-6-4-2-1-3-5(6)7(9)10/h7-9,11-14,16,22H,2-6,10,15H2,1H3;1-4,8H,(H,9,10). The average Bonchev–Trinajstić information content (AvgIpc) is 2.84. The van der Waals surface area contributed by atoms with Gasteiger partial charge in [-0.2, -0.15) is 0 Å². The summed E-state index contributed by atoms with van der Waals surface area (Å²) < 4.78 is 5.66. The number of phenolic OH excluding ortho intramolecular Hbond substituents is 1. The zero-order valence-corrected chi connectivity index (χ0v) is 19.4. The fraction of sp³-hybridized carbons (Fsp3) is 0.286. The predicted octanol–water partition coefficient (Wildman–Crippen LogP) is 6.45. The molecule has 0 unspecified atom stereocenters. The monoisotopic (exact) mass is 464 g/mol. The van der Waals surface area contributed by atoms with Crippen LogP contribution in [0, 0.1) is 0 Å². The third kappa shape index (κ3) is 8.62. The number of ketones is 1. The number of para-hydroxylation sites is 1. The molecule has 0 radical (unpaired) electrons. The second-order valence-electron chi connectivity index (χ2n) is 7.81. The SMILES string of the molecule is CCCCCCCCOc1ccc(C(=O)c2ccccc2)c(O)c1.O=C(O)c1ccccc1O. The quantitative estimate of drug-likeness (QED) is 0.222. The molecule has 6 nitrogen and oxygen atoms in total. The van der Waals surface area contributed by atoms with Crippen molar-refractivity contribution in [3.8, 4) is 17.2 Å². The molecule has 0 fully saturated rings. The second-order valence-corrected chi connectivity index (χ2v) is 7.81. The molecule has 3 rings (SSSR count). The Labute approximate surface area is 200 Å². The second kappa shape index (κ2) is 14.4. The Morgan fingerprint density at radius 2 is 1.38 bits per heavy atom. The number of carboxylic acids is 1. The number of phenols is 2. The minimum Gasteiger partial charge on any atom is -0.507 e. The van der Waals surface area contributed by atoms with Crippen molar-refractivity contribution in [2.45, 2.75) is 45.4 Å². The minimum absolute atomic E-state index is 0.0377. The summed E-state index contributed by atoms with van der Waals surface area (Å²) in [5, 5.41) is 27.4. The van der Waals surface area contributed by atoms with Gasteiger partial charge in [-0.3, -0.25) is 4.79 Å². The zero-order chi connectivity index (χ0) is 24.8. The first-order valence-corrected chi connectivity index (χ1v) is 11.5. The highest BCUT2D eigenvalue weighted by Gasteiger charge is 2.14. The van der Waals surface area contributed by atoms with Gasteiger partial charge in [-0.25, -0.2) is 4.79 Å². The summed E-state index contributed by atoms with van der Waals surface area (Å²) in [6, 6.07) is 19.7. The number of carbonyl (C=O) groups is 2. The van der Waals surface area contributed by atoms with Crippen LogP contribution in [0.2, 0.25) is 0 Å². The summed E-state index contributed by atoms with van der Waals surface area (Å²) in [6.07, 6.45) is 7.25. The summed E-state index contributed by atoms with van der Waals surface area (Å²) in [6.45, 7) is 2.85. The lowest BCUT2D eigenvalue weighted by atomic mass is 10.0. The number of hydrogen-bond acceptors (Lipinski definition) is 5.